The van der Waals surface area contributed by atoms with E-state index in [9.17, 15) is 0 Å². The van der Waals surface area contributed by atoms with Gasteiger partial charge in [-0.1, -0.05) is 12.1 Å². The Morgan fingerprint density at radius 3 is 2.46 bits per heavy atom. The average Bonchev–Trinajstić information content (AvgIpc) is 2.38. The van der Waals surface area contributed by atoms with E-state index in [2.05, 4.69) is 44.9 Å². The highest BCUT2D eigenvalue weighted by atomic mass is 16.5. The first-order valence-electron chi connectivity index (χ1n) is 4.61. The number of benzene rings is 1. The van der Waals surface area contributed by atoms with E-state index in [4.69, 9.17) is 4.74 Å². The zero-order valence-electron chi connectivity index (χ0n) is 8.59. The highest BCUT2D eigenvalue weighted by Crippen LogP contribution is 2.40. The minimum absolute atomic E-state index is 0.162. The van der Waals surface area contributed by atoms with Crippen LogP contribution in [0.1, 0.15) is 18.1 Å². The van der Waals surface area contributed by atoms with Gasteiger partial charge in [-0.2, -0.15) is 0 Å². The lowest BCUT2D eigenvalue weighted by Gasteiger charge is -2.16. The molecule has 0 amide bonds. The van der Waals surface area contributed by atoms with Crippen molar-refractivity contribution in [3.63, 3.8) is 0 Å². The van der Waals surface area contributed by atoms with E-state index in [1.807, 2.05) is 0 Å². The molecule has 0 aliphatic carbocycles. The van der Waals surface area contributed by atoms with Gasteiger partial charge in [0.15, 0.2) is 6.23 Å². The summed E-state index contributed by atoms with van der Waals surface area (Å²) in [6.45, 7) is 6.28. The number of hydrogen-bond acceptors (Lipinski definition) is 2. The quantitative estimate of drug-likeness (QED) is 0.603. The van der Waals surface area contributed by atoms with Gasteiger partial charge in [-0.3, -0.25) is 0 Å². The molecule has 0 N–H and O–H groups in total. The van der Waals surface area contributed by atoms with Gasteiger partial charge in [0.2, 0.25) is 0 Å². The molecule has 0 radical (unpaired) electrons. The van der Waals surface area contributed by atoms with Crippen LogP contribution in [0.15, 0.2) is 12.1 Å². The van der Waals surface area contributed by atoms with Crippen LogP contribution in [0, 0.1) is 13.8 Å². The number of fused-ring (bicyclic) bond motifs is 1. The third-order valence-electron chi connectivity index (χ3n) is 2.72. The van der Waals surface area contributed by atoms with Crippen molar-refractivity contribution in [2.45, 2.75) is 27.0 Å². The maximum atomic E-state index is 5.76. The third kappa shape index (κ3) is 1.09. The fourth-order valence-corrected chi connectivity index (χ4v) is 1.79. The SMILES string of the molecule is Cc1ccc(C)c2c1OC(C)N2C. The van der Waals surface area contributed by atoms with Crippen molar-refractivity contribution in [2.75, 3.05) is 11.9 Å². The minimum atomic E-state index is 0.162. The molecule has 1 unspecified atom stereocenters. The Hall–Kier alpha value is -1.18. The van der Waals surface area contributed by atoms with E-state index >= 15 is 0 Å². The van der Waals surface area contributed by atoms with Crippen LogP contribution in [-0.4, -0.2) is 13.3 Å². The Balaban J connectivity index is 2.61. The first-order chi connectivity index (χ1) is 6.11. The minimum Gasteiger partial charge on any atom is -0.468 e. The Morgan fingerprint density at radius 2 is 1.85 bits per heavy atom. The zero-order valence-corrected chi connectivity index (χ0v) is 8.59. The number of nitrogens with zero attached hydrogens (tertiary/aromatic N) is 1. The van der Waals surface area contributed by atoms with Crippen molar-refractivity contribution >= 4 is 5.69 Å². The topological polar surface area (TPSA) is 12.5 Å². The highest BCUT2D eigenvalue weighted by molar-refractivity contribution is 5.68. The summed E-state index contributed by atoms with van der Waals surface area (Å²) >= 11 is 0. The molecule has 0 bridgehead atoms. The monoisotopic (exact) mass is 177 g/mol. The summed E-state index contributed by atoms with van der Waals surface area (Å²) in [4.78, 5) is 2.18. The molecule has 2 rings (SSSR count). The van der Waals surface area contributed by atoms with Gasteiger partial charge < -0.3 is 9.64 Å². The number of ether oxygens (including phenoxy) is 1. The lowest BCUT2D eigenvalue weighted by atomic mass is 10.1. The summed E-state index contributed by atoms with van der Waals surface area (Å²) in [5.74, 6) is 1.05. The summed E-state index contributed by atoms with van der Waals surface area (Å²) in [7, 11) is 2.07. The van der Waals surface area contributed by atoms with Gasteiger partial charge >= 0.3 is 0 Å². The van der Waals surface area contributed by atoms with Crippen molar-refractivity contribution in [3.05, 3.63) is 23.3 Å². The van der Waals surface area contributed by atoms with Crippen LogP contribution in [0.25, 0.3) is 0 Å². The molecule has 2 heteroatoms. The highest BCUT2D eigenvalue weighted by Gasteiger charge is 2.26. The van der Waals surface area contributed by atoms with E-state index in [-0.39, 0.29) is 6.23 Å². The number of rotatable bonds is 0. The molecule has 0 fully saturated rings. The average molecular weight is 177 g/mol. The molecular formula is C11H15NO. The molecule has 1 aromatic carbocycles. The summed E-state index contributed by atoms with van der Waals surface area (Å²) < 4.78 is 5.76. The molecule has 1 aromatic rings. The van der Waals surface area contributed by atoms with E-state index in [1.54, 1.807) is 0 Å². The molecule has 0 spiro atoms. The van der Waals surface area contributed by atoms with Crippen molar-refractivity contribution in [3.8, 4) is 5.75 Å². The lowest BCUT2D eigenvalue weighted by molar-refractivity contribution is 0.249. The lowest BCUT2D eigenvalue weighted by Crippen LogP contribution is -2.27. The second-order valence-electron chi connectivity index (χ2n) is 3.71. The summed E-state index contributed by atoms with van der Waals surface area (Å²) in [6.07, 6.45) is 0.162. The van der Waals surface area contributed by atoms with Crippen LogP contribution in [0.3, 0.4) is 0 Å². The van der Waals surface area contributed by atoms with Gasteiger partial charge in [0, 0.05) is 7.05 Å². The smallest absolute Gasteiger partial charge is 0.169 e. The molecule has 0 saturated heterocycles. The van der Waals surface area contributed by atoms with Gasteiger partial charge in [0.25, 0.3) is 0 Å². The summed E-state index contributed by atoms with van der Waals surface area (Å²) in [5, 5.41) is 0. The number of anilines is 1. The maximum absolute atomic E-state index is 5.76. The fourth-order valence-electron chi connectivity index (χ4n) is 1.79. The second-order valence-corrected chi connectivity index (χ2v) is 3.71. The molecule has 0 aromatic heterocycles. The Bertz CT molecular complexity index is 346. The molecule has 2 nitrogen and oxygen atoms in total. The molecule has 1 aliphatic heterocycles. The number of hydrogen-bond donors (Lipinski definition) is 0. The normalized spacial score (nSPS) is 20.0. The van der Waals surface area contributed by atoms with Crippen molar-refractivity contribution in [1.29, 1.82) is 0 Å². The predicted octanol–water partition coefficient (Wildman–Crippen LogP) is 2.48. The second kappa shape index (κ2) is 2.66. The van der Waals surface area contributed by atoms with Crippen LogP contribution in [-0.2, 0) is 0 Å². The van der Waals surface area contributed by atoms with Crippen molar-refractivity contribution in [2.24, 2.45) is 0 Å². The van der Waals surface area contributed by atoms with Gasteiger partial charge in [-0.25, -0.2) is 0 Å². The van der Waals surface area contributed by atoms with E-state index < -0.39 is 0 Å². The van der Waals surface area contributed by atoms with Crippen LogP contribution in [0.2, 0.25) is 0 Å². The number of aryl methyl sites for hydroxylation is 2. The molecule has 13 heavy (non-hydrogen) atoms. The predicted molar refractivity (Wildman–Crippen MR) is 54.4 cm³/mol. The zero-order chi connectivity index (χ0) is 9.59. The molecule has 70 valence electrons. The molecular weight excluding hydrogens is 162 g/mol. The Kier molecular flexibility index (Phi) is 1.72. The van der Waals surface area contributed by atoms with Gasteiger partial charge in [-0.15, -0.1) is 0 Å². The van der Waals surface area contributed by atoms with E-state index in [0.29, 0.717) is 0 Å². The van der Waals surface area contributed by atoms with Crippen molar-refractivity contribution < 1.29 is 4.74 Å². The van der Waals surface area contributed by atoms with Crippen LogP contribution in [0.4, 0.5) is 5.69 Å². The Labute approximate surface area is 79.1 Å². The standard InChI is InChI=1S/C11H15NO/c1-7-5-6-8(2)11-10(7)12(4)9(3)13-11/h5-6,9H,1-4H3. The van der Waals surface area contributed by atoms with E-state index in [1.165, 1.54) is 16.8 Å². The molecule has 1 heterocycles. The fraction of sp³-hybridized carbons (Fsp3) is 0.455. The summed E-state index contributed by atoms with van der Waals surface area (Å²) in [5.41, 5.74) is 3.75. The van der Waals surface area contributed by atoms with Gasteiger partial charge in [-0.05, 0) is 31.9 Å². The van der Waals surface area contributed by atoms with Crippen LogP contribution < -0.4 is 9.64 Å². The third-order valence-corrected chi connectivity index (χ3v) is 2.72. The van der Waals surface area contributed by atoms with Gasteiger partial charge in [0.1, 0.15) is 5.75 Å². The molecule has 1 atom stereocenters. The first kappa shape index (κ1) is 8.42. The first-order valence-corrected chi connectivity index (χ1v) is 4.61. The molecule has 1 aliphatic rings. The molecule has 0 saturated carbocycles. The largest absolute Gasteiger partial charge is 0.468 e. The Morgan fingerprint density at radius 1 is 1.23 bits per heavy atom. The van der Waals surface area contributed by atoms with Crippen LogP contribution >= 0.6 is 0 Å². The van der Waals surface area contributed by atoms with Crippen molar-refractivity contribution in [1.82, 2.24) is 0 Å². The van der Waals surface area contributed by atoms with Gasteiger partial charge in [0.05, 0.1) is 5.69 Å². The van der Waals surface area contributed by atoms with E-state index in [0.717, 1.165) is 5.75 Å². The summed E-state index contributed by atoms with van der Waals surface area (Å²) in [6, 6.07) is 4.26. The maximum Gasteiger partial charge on any atom is 0.169 e. The van der Waals surface area contributed by atoms with Crippen LogP contribution in [0.5, 0.6) is 5.75 Å².